The SMILES string of the molecule is c1ccc(CN(CCCNCCCNCC2CC2)CCCNCCCNCC2CC2)cc1. The van der Waals surface area contributed by atoms with Crippen molar-refractivity contribution in [2.45, 2.75) is 57.9 Å². The van der Waals surface area contributed by atoms with Gasteiger partial charge < -0.3 is 21.3 Å². The van der Waals surface area contributed by atoms with Crippen molar-refractivity contribution < 1.29 is 0 Å². The number of hydrogen-bond donors (Lipinski definition) is 4. The van der Waals surface area contributed by atoms with Gasteiger partial charge in [-0.15, -0.1) is 0 Å². The van der Waals surface area contributed by atoms with Crippen molar-refractivity contribution in [3.8, 4) is 0 Å². The van der Waals surface area contributed by atoms with Gasteiger partial charge in [0, 0.05) is 6.54 Å². The molecular weight excluding hydrogens is 394 g/mol. The molecule has 0 unspecified atom stereocenters. The number of rotatable bonds is 22. The van der Waals surface area contributed by atoms with E-state index in [0.717, 1.165) is 57.6 Å². The van der Waals surface area contributed by atoms with Crippen molar-refractivity contribution >= 4 is 0 Å². The molecule has 0 heterocycles. The van der Waals surface area contributed by atoms with Gasteiger partial charge in [0.25, 0.3) is 0 Å². The van der Waals surface area contributed by atoms with Crippen LogP contribution in [-0.2, 0) is 6.54 Å². The molecular formula is C27H49N5. The summed E-state index contributed by atoms with van der Waals surface area (Å²) in [6.45, 7) is 12.7. The van der Waals surface area contributed by atoms with E-state index in [4.69, 9.17) is 0 Å². The Morgan fingerprint density at radius 1 is 0.594 bits per heavy atom. The van der Waals surface area contributed by atoms with Gasteiger partial charge in [0.1, 0.15) is 0 Å². The quantitative estimate of drug-likeness (QED) is 0.207. The van der Waals surface area contributed by atoms with Gasteiger partial charge in [-0.05, 0) is 134 Å². The lowest BCUT2D eigenvalue weighted by Crippen LogP contribution is -2.31. The average Bonchev–Trinajstić information content (AvgIpc) is 3.73. The van der Waals surface area contributed by atoms with E-state index in [9.17, 15) is 0 Å². The molecule has 3 rings (SSSR count). The fourth-order valence-corrected chi connectivity index (χ4v) is 4.15. The summed E-state index contributed by atoms with van der Waals surface area (Å²) >= 11 is 0. The minimum Gasteiger partial charge on any atom is -0.317 e. The molecule has 1 aromatic carbocycles. The Labute approximate surface area is 197 Å². The number of nitrogens with zero attached hydrogens (tertiary/aromatic N) is 1. The van der Waals surface area contributed by atoms with E-state index >= 15 is 0 Å². The third-order valence-electron chi connectivity index (χ3n) is 6.58. The van der Waals surface area contributed by atoms with Crippen LogP contribution in [0.5, 0.6) is 0 Å². The van der Waals surface area contributed by atoms with Crippen molar-refractivity contribution in [3.63, 3.8) is 0 Å². The van der Waals surface area contributed by atoms with E-state index in [1.165, 1.54) is 83.1 Å². The maximum Gasteiger partial charge on any atom is 0.0233 e. The van der Waals surface area contributed by atoms with Crippen molar-refractivity contribution in [2.24, 2.45) is 11.8 Å². The summed E-state index contributed by atoms with van der Waals surface area (Å²) in [5.41, 5.74) is 1.43. The Morgan fingerprint density at radius 3 is 1.56 bits per heavy atom. The molecule has 1 aromatic rings. The van der Waals surface area contributed by atoms with Crippen LogP contribution >= 0.6 is 0 Å². The molecule has 0 amide bonds. The molecule has 2 aliphatic rings. The molecule has 2 fully saturated rings. The third-order valence-corrected chi connectivity index (χ3v) is 6.58. The maximum atomic E-state index is 3.63. The zero-order valence-corrected chi connectivity index (χ0v) is 20.4. The Morgan fingerprint density at radius 2 is 1.06 bits per heavy atom. The highest BCUT2D eigenvalue weighted by Gasteiger charge is 2.20. The lowest BCUT2D eigenvalue weighted by atomic mass is 10.2. The Bertz CT molecular complexity index is 528. The molecule has 0 saturated heterocycles. The zero-order valence-electron chi connectivity index (χ0n) is 20.4. The van der Waals surface area contributed by atoms with E-state index in [1.54, 1.807) is 0 Å². The highest BCUT2D eigenvalue weighted by Crippen LogP contribution is 2.27. The smallest absolute Gasteiger partial charge is 0.0233 e. The monoisotopic (exact) mass is 443 g/mol. The molecule has 2 saturated carbocycles. The summed E-state index contributed by atoms with van der Waals surface area (Å²) in [5, 5.41) is 14.4. The van der Waals surface area contributed by atoms with Crippen LogP contribution < -0.4 is 21.3 Å². The van der Waals surface area contributed by atoms with Crippen molar-refractivity contribution in [1.82, 2.24) is 26.2 Å². The van der Waals surface area contributed by atoms with Gasteiger partial charge in [-0.2, -0.15) is 0 Å². The van der Waals surface area contributed by atoms with E-state index in [0.29, 0.717) is 0 Å². The lowest BCUT2D eigenvalue weighted by molar-refractivity contribution is 0.256. The number of nitrogens with one attached hydrogen (secondary N) is 4. The Balaban J connectivity index is 1.18. The Kier molecular flexibility index (Phi) is 13.3. The van der Waals surface area contributed by atoms with Gasteiger partial charge in [0.2, 0.25) is 0 Å². The average molecular weight is 444 g/mol. The summed E-state index contributed by atoms with van der Waals surface area (Å²) < 4.78 is 0. The second kappa shape index (κ2) is 16.6. The molecule has 2 aliphatic carbocycles. The summed E-state index contributed by atoms with van der Waals surface area (Å²) in [6.07, 6.45) is 10.7. The summed E-state index contributed by atoms with van der Waals surface area (Å²) in [4.78, 5) is 2.63. The minimum atomic E-state index is 0.989. The Hall–Kier alpha value is -0.980. The van der Waals surface area contributed by atoms with Gasteiger partial charge in [-0.25, -0.2) is 0 Å². The summed E-state index contributed by atoms with van der Waals surface area (Å²) in [5.74, 6) is 1.98. The largest absolute Gasteiger partial charge is 0.317 e. The predicted molar refractivity (Wildman–Crippen MR) is 137 cm³/mol. The van der Waals surface area contributed by atoms with Crippen molar-refractivity contribution in [3.05, 3.63) is 35.9 Å². The van der Waals surface area contributed by atoms with Crippen LogP contribution in [0.2, 0.25) is 0 Å². The maximum absolute atomic E-state index is 3.63. The van der Waals surface area contributed by atoms with Gasteiger partial charge >= 0.3 is 0 Å². The van der Waals surface area contributed by atoms with Crippen LogP contribution in [0.3, 0.4) is 0 Å². The topological polar surface area (TPSA) is 51.4 Å². The number of benzene rings is 1. The molecule has 0 bridgehead atoms. The molecule has 32 heavy (non-hydrogen) atoms. The molecule has 0 radical (unpaired) electrons. The van der Waals surface area contributed by atoms with E-state index in [1.807, 2.05) is 0 Å². The third kappa shape index (κ3) is 13.5. The number of hydrogen-bond acceptors (Lipinski definition) is 5. The molecule has 4 N–H and O–H groups in total. The normalized spacial score (nSPS) is 16.2. The van der Waals surface area contributed by atoms with Crippen molar-refractivity contribution in [1.29, 1.82) is 0 Å². The minimum absolute atomic E-state index is 0.989. The fraction of sp³-hybridized carbons (Fsp3) is 0.778. The zero-order chi connectivity index (χ0) is 22.1. The van der Waals surface area contributed by atoms with E-state index in [2.05, 4.69) is 56.5 Å². The lowest BCUT2D eigenvalue weighted by Gasteiger charge is -2.23. The van der Waals surface area contributed by atoms with Crippen LogP contribution in [0.4, 0.5) is 0 Å². The predicted octanol–water partition coefficient (Wildman–Crippen LogP) is 3.23. The van der Waals surface area contributed by atoms with E-state index < -0.39 is 0 Å². The summed E-state index contributed by atoms with van der Waals surface area (Å²) in [7, 11) is 0. The van der Waals surface area contributed by atoms with Gasteiger partial charge in [-0.3, -0.25) is 4.90 Å². The molecule has 0 spiro atoms. The standard InChI is InChI=1S/C27H49N5/c1-2-8-27(9-3-1)24-32(20-6-18-28-14-4-16-30-22-25-10-11-25)21-7-19-29-15-5-17-31-23-26-12-13-26/h1-3,8-9,25-26,28-31H,4-7,10-24H2. The second-order valence-corrected chi connectivity index (χ2v) is 9.97. The molecule has 5 heteroatoms. The van der Waals surface area contributed by atoms with Gasteiger partial charge in [0.15, 0.2) is 0 Å². The van der Waals surface area contributed by atoms with E-state index in [-0.39, 0.29) is 0 Å². The first-order valence-corrected chi connectivity index (χ1v) is 13.5. The summed E-state index contributed by atoms with van der Waals surface area (Å²) in [6, 6.07) is 10.9. The molecule has 0 aromatic heterocycles. The van der Waals surface area contributed by atoms with Crippen LogP contribution in [0.25, 0.3) is 0 Å². The van der Waals surface area contributed by atoms with Crippen LogP contribution in [0.15, 0.2) is 30.3 Å². The molecule has 0 atom stereocenters. The van der Waals surface area contributed by atoms with Gasteiger partial charge in [-0.1, -0.05) is 30.3 Å². The highest BCUT2D eigenvalue weighted by molar-refractivity contribution is 5.14. The first kappa shape index (κ1) is 25.6. The highest BCUT2D eigenvalue weighted by atomic mass is 15.1. The first-order valence-electron chi connectivity index (χ1n) is 13.5. The first-order chi connectivity index (χ1) is 15.9. The fourth-order valence-electron chi connectivity index (χ4n) is 4.15. The van der Waals surface area contributed by atoms with Crippen LogP contribution in [0, 0.1) is 11.8 Å². The molecule has 182 valence electrons. The molecule has 5 nitrogen and oxygen atoms in total. The van der Waals surface area contributed by atoms with Gasteiger partial charge in [0.05, 0.1) is 0 Å². The second-order valence-electron chi connectivity index (χ2n) is 9.97. The molecule has 0 aliphatic heterocycles. The van der Waals surface area contributed by atoms with Crippen LogP contribution in [0.1, 0.15) is 56.9 Å². The van der Waals surface area contributed by atoms with Crippen molar-refractivity contribution in [2.75, 3.05) is 65.4 Å². The van der Waals surface area contributed by atoms with Crippen LogP contribution in [-0.4, -0.2) is 70.3 Å².